The van der Waals surface area contributed by atoms with Gasteiger partial charge in [0, 0.05) is 12.1 Å². The van der Waals surface area contributed by atoms with Gasteiger partial charge in [-0.3, -0.25) is 0 Å². The highest BCUT2D eigenvalue weighted by molar-refractivity contribution is 7.92. The smallest absolute Gasteiger partial charge is 0.181 e. The second-order valence-electron chi connectivity index (χ2n) is 5.17. The first kappa shape index (κ1) is 12.7. The van der Waals surface area contributed by atoms with Crippen molar-refractivity contribution in [1.29, 1.82) is 0 Å². The predicted octanol–water partition coefficient (Wildman–Crippen LogP) is 1.27. The van der Waals surface area contributed by atoms with E-state index in [1.165, 1.54) is 0 Å². The van der Waals surface area contributed by atoms with Crippen LogP contribution in [0.1, 0.15) is 25.5 Å². The zero-order valence-corrected chi connectivity index (χ0v) is 11.7. The van der Waals surface area contributed by atoms with Crippen LogP contribution in [0.2, 0.25) is 0 Å². The Morgan fingerprint density at radius 1 is 1.16 bits per heavy atom. The van der Waals surface area contributed by atoms with E-state index >= 15 is 0 Å². The van der Waals surface area contributed by atoms with Crippen LogP contribution < -0.4 is 15.2 Å². The second kappa shape index (κ2) is 4.11. The molecular formula is C13H17NO4S. The fourth-order valence-corrected chi connectivity index (χ4v) is 4.58. The molecule has 104 valence electrons. The molecule has 0 saturated heterocycles. The van der Waals surface area contributed by atoms with E-state index in [4.69, 9.17) is 15.2 Å². The SMILES string of the molecule is CC1C(N)c2cc3c(cc2S(=O)(=O)C1C)OCCO3. The standard InChI is InChI=1S/C13H17NO4S/c1-7-8(2)19(15,16)12-6-11-10(17-3-4-18-11)5-9(12)13(7)14/h5-8,13H,3-4,14H2,1-2H3. The Morgan fingerprint density at radius 3 is 2.37 bits per heavy atom. The Kier molecular flexibility index (Phi) is 2.76. The summed E-state index contributed by atoms with van der Waals surface area (Å²) in [5.41, 5.74) is 6.81. The molecule has 1 aromatic rings. The van der Waals surface area contributed by atoms with Gasteiger partial charge in [0.05, 0.1) is 10.1 Å². The van der Waals surface area contributed by atoms with Crippen molar-refractivity contribution in [2.75, 3.05) is 13.2 Å². The molecule has 6 heteroatoms. The molecule has 2 aliphatic heterocycles. The fraction of sp³-hybridized carbons (Fsp3) is 0.538. The van der Waals surface area contributed by atoms with Crippen molar-refractivity contribution in [3.8, 4) is 11.5 Å². The summed E-state index contributed by atoms with van der Waals surface area (Å²) in [6, 6.07) is 2.97. The highest BCUT2D eigenvalue weighted by Crippen LogP contribution is 2.44. The summed E-state index contributed by atoms with van der Waals surface area (Å²) in [5, 5.41) is -0.488. The molecule has 2 N–H and O–H groups in total. The molecule has 2 heterocycles. The monoisotopic (exact) mass is 283 g/mol. The van der Waals surface area contributed by atoms with Crippen molar-refractivity contribution < 1.29 is 17.9 Å². The van der Waals surface area contributed by atoms with Crippen molar-refractivity contribution in [1.82, 2.24) is 0 Å². The van der Waals surface area contributed by atoms with Crippen molar-refractivity contribution in [3.05, 3.63) is 17.7 Å². The van der Waals surface area contributed by atoms with Crippen molar-refractivity contribution in [3.63, 3.8) is 0 Å². The normalized spacial score (nSPS) is 31.6. The van der Waals surface area contributed by atoms with Crippen molar-refractivity contribution >= 4 is 9.84 Å². The molecule has 0 amide bonds. The Labute approximate surface area is 112 Å². The minimum atomic E-state index is -3.35. The molecule has 3 unspecified atom stereocenters. The molecule has 0 radical (unpaired) electrons. The average Bonchev–Trinajstić information content (AvgIpc) is 2.42. The van der Waals surface area contributed by atoms with Crippen LogP contribution in [0.3, 0.4) is 0 Å². The van der Waals surface area contributed by atoms with Crippen LogP contribution in [0.25, 0.3) is 0 Å². The Morgan fingerprint density at radius 2 is 1.74 bits per heavy atom. The number of benzene rings is 1. The van der Waals surface area contributed by atoms with Crippen LogP contribution >= 0.6 is 0 Å². The van der Waals surface area contributed by atoms with Gasteiger partial charge in [-0.15, -0.1) is 0 Å². The number of nitrogens with two attached hydrogens (primary N) is 1. The van der Waals surface area contributed by atoms with Crippen LogP contribution in [0.15, 0.2) is 17.0 Å². The quantitative estimate of drug-likeness (QED) is 0.775. The maximum Gasteiger partial charge on any atom is 0.181 e. The molecule has 0 aliphatic carbocycles. The largest absolute Gasteiger partial charge is 0.486 e. The van der Waals surface area contributed by atoms with Gasteiger partial charge in [-0.05, 0) is 24.5 Å². The Balaban J connectivity index is 2.25. The number of rotatable bonds is 0. The highest BCUT2D eigenvalue weighted by atomic mass is 32.2. The van der Waals surface area contributed by atoms with E-state index in [9.17, 15) is 8.42 Å². The minimum Gasteiger partial charge on any atom is -0.486 e. The van der Waals surface area contributed by atoms with Gasteiger partial charge in [0.25, 0.3) is 0 Å². The lowest BCUT2D eigenvalue weighted by molar-refractivity contribution is 0.170. The van der Waals surface area contributed by atoms with Gasteiger partial charge in [0.2, 0.25) is 0 Å². The molecule has 3 rings (SSSR count). The maximum absolute atomic E-state index is 12.5. The van der Waals surface area contributed by atoms with Crippen molar-refractivity contribution in [2.24, 2.45) is 11.7 Å². The van der Waals surface area contributed by atoms with E-state index in [2.05, 4.69) is 0 Å². The van der Waals surface area contributed by atoms with E-state index in [0.29, 0.717) is 30.3 Å². The third-order valence-corrected chi connectivity index (χ3v) is 6.51. The van der Waals surface area contributed by atoms with Gasteiger partial charge >= 0.3 is 0 Å². The van der Waals surface area contributed by atoms with Crippen molar-refractivity contribution in [2.45, 2.75) is 30.0 Å². The topological polar surface area (TPSA) is 78.6 Å². The fourth-order valence-electron chi connectivity index (χ4n) is 2.65. The Hall–Kier alpha value is -1.27. The van der Waals surface area contributed by atoms with Gasteiger partial charge in [0.15, 0.2) is 21.3 Å². The molecule has 0 spiro atoms. The molecule has 0 fully saturated rings. The van der Waals surface area contributed by atoms with E-state index in [0.717, 1.165) is 0 Å². The molecular weight excluding hydrogens is 266 g/mol. The third-order valence-electron chi connectivity index (χ3n) is 4.14. The van der Waals surface area contributed by atoms with E-state index < -0.39 is 15.1 Å². The van der Waals surface area contributed by atoms with Crippen LogP contribution in [-0.4, -0.2) is 26.9 Å². The first-order valence-electron chi connectivity index (χ1n) is 6.36. The predicted molar refractivity (Wildman–Crippen MR) is 70.2 cm³/mol. The van der Waals surface area contributed by atoms with Gasteiger partial charge in [0.1, 0.15) is 13.2 Å². The molecule has 3 atom stereocenters. The maximum atomic E-state index is 12.5. The number of fused-ring (bicyclic) bond motifs is 2. The third kappa shape index (κ3) is 1.74. The van der Waals surface area contributed by atoms with E-state index in [1.54, 1.807) is 19.1 Å². The highest BCUT2D eigenvalue weighted by Gasteiger charge is 2.41. The van der Waals surface area contributed by atoms with Gasteiger partial charge < -0.3 is 15.2 Å². The summed E-state index contributed by atoms with van der Waals surface area (Å²) in [5.74, 6) is 0.944. The lowest BCUT2D eigenvalue weighted by Gasteiger charge is -2.34. The van der Waals surface area contributed by atoms with Gasteiger partial charge in [-0.1, -0.05) is 6.92 Å². The summed E-state index contributed by atoms with van der Waals surface area (Å²) < 4.78 is 35.9. The zero-order chi connectivity index (χ0) is 13.8. The lowest BCUT2D eigenvalue weighted by Crippen LogP contribution is -2.39. The lowest BCUT2D eigenvalue weighted by atomic mass is 9.92. The van der Waals surface area contributed by atoms with E-state index in [1.807, 2.05) is 6.92 Å². The minimum absolute atomic E-state index is 0.125. The van der Waals surface area contributed by atoms with Gasteiger partial charge in [-0.2, -0.15) is 0 Å². The zero-order valence-electron chi connectivity index (χ0n) is 10.9. The van der Waals surface area contributed by atoms with Crippen LogP contribution in [0, 0.1) is 5.92 Å². The first-order chi connectivity index (χ1) is 8.93. The van der Waals surface area contributed by atoms with Crippen LogP contribution in [0.4, 0.5) is 0 Å². The van der Waals surface area contributed by atoms with E-state index in [-0.39, 0.29) is 16.9 Å². The number of ether oxygens (including phenoxy) is 2. The molecule has 0 bridgehead atoms. The van der Waals surface area contributed by atoms with Crippen LogP contribution in [0.5, 0.6) is 11.5 Å². The first-order valence-corrected chi connectivity index (χ1v) is 7.90. The summed E-state index contributed by atoms with van der Waals surface area (Å²) in [6.07, 6.45) is 0. The molecule has 0 aromatic heterocycles. The molecule has 0 saturated carbocycles. The Bertz CT molecular complexity index is 626. The second-order valence-corrected chi connectivity index (χ2v) is 7.44. The number of sulfone groups is 1. The van der Waals surface area contributed by atoms with Crippen LogP contribution in [-0.2, 0) is 9.84 Å². The summed E-state index contributed by atoms with van der Waals surface area (Å²) in [4.78, 5) is 0.287. The number of hydrogen-bond acceptors (Lipinski definition) is 5. The molecule has 19 heavy (non-hydrogen) atoms. The summed E-state index contributed by atoms with van der Waals surface area (Å²) in [7, 11) is -3.35. The van der Waals surface area contributed by atoms with Gasteiger partial charge in [-0.25, -0.2) is 8.42 Å². The average molecular weight is 283 g/mol. The summed E-state index contributed by atoms with van der Waals surface area (Å²) in [6.45, 7) is 4.48. The molecule has 1 aromatic carbocycles. The molecule has 2 aliphatic rings. The number of hydrogen-bond donors (Lipinski definition) is 1. The molecule has 5 nitrogen and oxygen atoms in total. The summed E-state index contributed by atoms with van der Waals surface area (Å²) >= 11 is 0.